The standard InChI is InChI=1S/C18H22FN/c1-5-7-8-9-15(6-2)14(3)18(20-4)16-10-12-17(19)13-11-16/h5,7-13H,6H2,1-4H3/b7-5-,9-8-,15-14+,20-18?. The average molecular weight is 271 g/mol. The van der Waals surface area contributed by atoms with Crippen molar-refractivity contribution in [3.63, 3.8) is 0 Å². The van der Waals surface area contributed by atoms with E-state index in [0.29, 0.717) is 0 Å². The van der Waals surface area contributed by atoms with Gasteiger partial charge in [-0.05, 0) is 55.7 Å². The van der Waals surface area contributed by atoms with Gasteiger partial charge in [0.15, 0.2) is 0 Å². The Kier molecular flexibility index (Phi) is 6.65. The van der Waals surface area contributed by atoms with E-state index in [9.17, 15) is 4.39 Å². The van der Waals surface area contributed by atoms with Gasteiger partial charge in [0.25, 0.3) is 0 Å². The van der Waals surface area contributed by atoms with Gasteiger partial charge >= 0.3 is 0 Å². The molecule has 0 saturated heterocycles. The Morgan fingerprint density at radius 3 is 2.35 bits per heavy atom. The number of rotatable bonds is 5. The van der Waals surface area contributed by atoms with Crippen LogP contribution in [0.25, 0.3) is 0 Å². The second-order valence-corrected chi connectivity index (χ2v) is 4.47. The van der Waals surface area contributed by atoms with Crippen molar-refractivity contribution in [1.82, 2.24) is 0 Å². The van der Waals surface area contributed by atoms with E-state index in [1.165, 1.54) is 17.7 Å². The first-order valence-electron chi connectivity index (χ1n) is 6.86. The molecule has 0 unspecified atom stereocenters. The molecular weight excluding hydrogens is 249 g/mol. The Labute approximate surface area is 121 Å². The van der Waals surface area contributed by atoms with Crippen LogP contribution in [0.2, 0.25) is 0 Å². The predicted molar refractivity (Wildman–Crippen MR) is 85.8 cm³/mol. The minimum Gasteiger partial charge on any atom is -0.288 e. The summed E-state index contributed by atoms with van der Waals surface area (Å²) in [6.07, 6.45) is 9.06. The van der Waals surface area contributed by atoms with E-state index >= 15 is 0 Å². The van der Waals surface area contributed by atoms with E-state index in [0.717, 1.165) is 23.3 Å². The lowest BCUT2D eigenvalue weighted by Gasteiger charge is -2.10. The topological polar surface area (TPSA) is 12.4 Å². The van der Waals surface area contributed by atoms with Crippen molar-refractivity contribution in [2.45, 2.75) is 27.2 Å². The highest BCUT2D eigenvalue weighted by Crippen LogP contribution is 2.17. The molecule has 0 heterocycles. The number of hydrogen-bond acceptors (Lipinski definition) is 1. The van der Waals surface area contributed by atoms with Gasteiger partial charge in [0.05, 0.1) is 5.71 Å². The third-order valence-corrected chi connectivity index (χ3v) is 3.16. The highest BCUT2D eigenvalue weighted by Gasteiger charge is 2.08. The fraction of sp³-hybridized carbons (Fsp3) is 0.278. The van der Waals surface area contributed by atoms with Gasteiger partial charge in [-0.25, -0.2) is 4.39 Å². The third kappa shape index (κ3) is 4.30. The van der Waals surface area contributed by atoms with Gasteiger partial charge < -0.3 is 0 Å². The van der Waals surface area contributed by atoms with Gasteiger partial charge in [-0.1, -0.05) is 31.2 Å². The molecule has 1 aromatic carbocycles. The third-order valence-electron chi connectivity index (χ3n) is 3.16. The van der Waals surface area contributed by atoms with Crippen molar-refractivity contribution < 1.29 is 4.39 Å². The molecule has 0 aromatic heterocycles. The fourth-order valence-corrected chi connectivity index (χ4v) is 2.06. The molecule has 0 aliphatic heterocycles. The lowest BCUT2D eigenvalue weighted by atomic mass is 9.97. The van der Waals surface area contributed by atoms with Gasteiger partial charge in [-0.3, -0.25) is 4.99 Å². The molecule has 20 heavy (non-hydrogen) atoms. The zero-order valence-electron chi connectivity index (χ0n) is 12.7. The van der Waals surface area contributed by atoms with E-state index in [1.807, 2.05) is 25.2 Å². The summed E-state index contributed by atoms with van der Waals surface area (Å²) in [6, 6.07) is 6.47. The summed E-state index contributed by atoms with van der Waals surface area (Å²) >= 11 is 0. The molecule has 0 bridgehead atoms. The summed E-state index contributed by atoms with van der Waals surface area (Å²) in [5, 5.41) is 0. The molecule has 0 amide bonds. The first-order valence-corrected chi connectivity index (χ1v) is 6.86. The molecule has 2 heteroatoms. The van der Waals surface area contributed by atoms with Gasteiger partial charge in [0, 0.05) is 12.6 Å². The Bertz CT molecular complexity index is 545. The number of hydrogen-bond donors (Lipinski definition) is 0. The highest BCUT2D eigenvalue weighted by molar-refractivity contribution is 6.12. The number of benzene rings is 1. The minimum absolute atomic E-state index is 0.227. The molecule has 0 N–H and O–H groups in total. The highest BCUT2D eigenvalue weighted by atomic mass is 19.1. The van der Waals surface area contributed by atoms with Gasteiger partial charge in [0.2, 0.25) is 0 Å². The van der Waals surface area contributed by atoms with E-state index in [2.05, 4.69) is 24.9 Å². The number of aliphatic imine (C=N–C) groups is 1. The zero-order valence-corrected chi connectivity index (χ0v) is 12.7. The van der Waals surface area contributed by atoms with Crippen molar-refractivity contribution >= 4 is 5.71 Å². The van der Waals surface area contributed by atoms with Crippen LogP contribution in [0.3, 0.4) is 0 Å². The molecule has 1 nitrogen and oxygen atoms in total. The van der Waals surface area contributed by atoms with Crippen molar-refractivity contribution in [1.29, 1.82) is 0 Å². The zero-order chi connectivity index (χ0) is 15.0. The molecule has 1 rings (SSSR count). The van der Waals surface area contributed by atoms with Gasteiger partial charge in [-0.2, -0.15) is 0 Å². The first kappa shape index (κ1) is 16.1. The molecule has 0 atom stereocenters. The summed E-state index contributed by atoms with van der Waals surface area (Å²) in [5.74, 6) is -0.227. The van der Waals surface area contributed by atoms with Crippen LogP contribution in [0.4, 0.5) is 4.39 Å². The van der Waals surface area contributed by atoms with Gasteiger partial charge in [0.1, 0.15) is 5.82 Å². The van der Waals surface area contributed by atoms with Crippen LogP contribution in [0.15, 0.2) is 64.7 Å². The van der Waals surface area contributed by atoms with Crippen molar-refractivity contribution in [3.05, 3.63) is 71.1 Å². The van der Waals surface area contributed by atoms with E-state index in [-0.39, 0.29) is 5.82 Å². The van der Waals surface area contributed by atoms with E-state index < -0.39 is 0 Å². The molecule has 0 aliphatic rings. The predicted octanol–water partition coefficient (Wildman–Crippen LogP) is 5.10. The monoisotopic (exact) mass is 271 g/mol. The Morgan fingerprint density at radius 1 is 1.20 bits per heavy atom. The molecular formula is C18H22FN. The second-order valence-electron chi connectivity index (χ2n) is 4.47. The molecule has 1 aromatic rings. The number of allylic oxidation sites excluding steroid dienone is 6. The van der Waals surface area contributed by atoms with Crippen LogP contribution < -0.4 is 0 Å². The normalized spacial score (nSPS) is 14.2. The Hall–Kier alpha value is -1.96. The van der Waals surface area contributed by atoms with Crippen molar-refractivity contribution in [2.75, 3.05) is 7.05 Å². The quantitative estimate of drug-likeness (QED) is 0.521. The maximum Gasteiger partial charge on any atom is 0.123 e. The fourth-order valence-electron chi connectivity index (χ4n) is 2.06. The van der Waals surface area contributed by atoms with Crippen LogP contribution in [0.1, 0.15) is 32.8 Å². The summed E-state index contributed by atoms with van der Waals surface area (Å²) in [5.41, 5.74) is 4.21. The van der Waals surface area contributed by atoms with E-state index in [4.69, 9.17) is 0 Å². The smallest absolute Gasteiger partial charge is 0.123 e. The van der Waals surface area contributed by atoms with Crippen LogP contribution >= 0.6 is 0 Å². The van der Waals surface area contributed by atoms with Crippen molar-refractivity contribution in [3.8, 4) is 0 Å². The van der Waals surface area contributed by atoms with Gasteiger partial charge in [-0.15, -0.1) is 0 Å². The largest absolute Gasteiger partial charge is 0.288 e. The SMILES string of the molecule is C\C=C/C=C\C(CC)=C(/C)C(=NC)c1ccc(F)cc1. The summed E-state index contributed by atoms with van der Waals surface area (Å²) in [4.78, 5) is 4.37. The average Bonchev–Trinajstić information content (AvgIpc) is 2.46. The molecule has 0 spiro atoms. The molecule has 0 fully saturated rings. The van der Waals surface area contributed by atoms with Crippen LogP contribution in [-0.2, 0) is 0 Å². The minimum atomic E-state index is -0.227. The van der Waals surface area contributed by atoms with Crippen LogP contribution in [0.5, 0.6) is 0 Å². The van der Waals surface area contributed by atoms with Crippen molar-refractivity contribution in [2.24, 2.45) is 4.99 Å². The summed E-state index contributed by atoms with van der Waals surface area (Å²) in [6.45, 7) is 6.17. The lowest BCUT2D eigenvalue weighted by Crippen LogP contribution is -2.05. The molecule has 0 aliphatic carbocycles. The molecule has 0 radical (unpaired) electrons. The van der Waals surface area contributed by atoms with Crippen LogP contribution in [0, 0.1) is 5.82 Å². The molecule has 0 saturated carbocycles. The van der Waals surface area contributed by atoms with Crippen LogP contribution in [-0.4, -0.2) is 12.8 Å². The summed E-state index contributed by atoms with van der Waals surface area (Å²) in [7, 11) is 1.77. The second kappa shape index (κ2) is 8.26. The first-order chi connectivity index (χ1) is 9.63. The number of nitrogens with zero attached hydrogens (tertiary/aromatic N) is 1. The number of halogens is 1. The maximum atomic E-state index is 13.0. The molecule has 106 valence electrons. The van der Waals surface area contributed by atoms with E-state index in [1.54, 1.807) is 19.2 Å². The summed E-state index contributed by atoms with van der Waals surface area (Å²) < 4.78 is 13.0. The maximum absolute atomic E-state index is 13.0. The Balaban J connectivity index is 3.18. The lowest BCUT2D eigenvalue weighted by molar-refractivity contribution is 0.628. The Morgan fingerprint density at radius 2 is 1.85 bits per heavy atom.